The van der Waals surface area contributed by atoms with Crippen LogP contribution in [-0.4, -0.2) is 12.0 Å². The summed E-state index contributed by atoms with van der Waals surface area (Å²) in [4.78, 5) is 12.5. The first-order chi connectivity index (χ1) is 11.4. The smallest absolute Gasteiger partial charge is 0.261 e. The highest BCUT2D eigenvalue weighted by atomic mass is 35.5. The Balaban J connectivity index is 2.05. The fourth-order valence-electron chi connectivity index (χ4n) is 2.44. The molecule has 1 amide bonds. The van der Waals surface area contributed by atoms with E-state index in [4.69, 9.17) is 16.3 Å². The summed E-state index contributed by atoms with van der Waals surface area (Å²) in [5.41, 5.74) is 3.54. The minimum Gasteiger partial charge on any atom is -0.479 e. The van der Waals surface area contributed by atoms with Crippen LogP contribution in [0.2, 0.25) is 5.02 Å². The number of rotatable bonds is 6. The Morgan fingerprint density at radius 3 is 2.50 bits per heavy atom. The van der Waals surface area contributed by atoms with E-state index in [0.717, 1.165) is 5.56 Å². The molecule has 0 aliphatic carbocycles. The van der Waals surface area contributed by atoms with Gasteiger partial charge in [0.15, 0.2) is 6.10 Å². The molecule has 0 fully saturated rings. The second kappa shape index (κ2) is 8.20. The predicted octanol–water partition coefficient (Wildman–Crippen LogP) is 4.99. The van der Waals surface area contributed by atoms with Gasteiger partial charge < -0.3 is 10.1 Å². The quantitative estimate of drug-likeness (QED) is 0.800. The Kier molecular flexibility index (Phi) is 6.27. The van der Waals surface area contributed by atoms with Crippen LogP contribution in [0.25, 0.3) is 0 Å². The molecule has 3 nitrogen and oxygen atoms in total. The van der Waals surface area contributed by atoms with E-state index in [1.807, 2.05) is 32.0 Å². The molecule has 2 atom stereocenters. The van der Waals surface area contributed by atoms with Crippen molar-refractivity contribution in [3.63, 3.8) is 0 Å². The lowest BCUT2D eigenvalue weighted by Crippen LogP contribution is -2.39. The van der Waals surface area contributed by atoms with Crippen molar-refractivity contribution >= 4 is 17.5 Å². The Morgan fingerprint density at radius 2 is 1.88 bits per heavy atom. The maximum Gasteiger partial charge on any atom is 0.261 e. The van der Waals surface area contributed by atoms with Gasteiger partial charge in [0.05, 0.1) is 11.1 Å². The predicted molar refractivity (Wildman–Crippen MR) is 98.6 cm³/mol. The zero-order valence-corrected chi connectivity index (χ0v) is 15.4. The highest BCUT2D eigenvalue weighted by Gasteiger charge is 2.21. The fraction of sp³-hybridized carbons (Fsp3) is 0.350. The third-order valence-corrected chi connectivity index (χ3v) is 4.47. The van der Waals surface area contributed by atoms with Gasteiger partial charge in [0, 0.05) is 0 Å². The van der Waals surface area contributed by atoms with E-state index in [2.05, 4.69) is 31.3 Å². The number of aryl methyl sites for hydroxylation is 2. The van der Waals surface area contributed by atoms with Crippen LogP contribution in [0.15, 0.2) is 42.5 Å². The molecule has 0 aliphatic heterocycles. The van der Waals surface area contributed by atoms with E-state index in [9.17, 15) is 4.79 Å². The highest BCUT2D eigenvalue weighted by molar-refractivity contribution is 6.32. The van der Waals surface area contributed by atoms with Crippen LogP contribution >= 0.6 is 11.6 Å². The van der Waals surface area contributed by atoms with E-state index < -0.39 is 6.10 Å². The molecule has 2 aromatic carbocycles. The molecular formula is C20H24ClNO2. The van der Waals surface area contributed by atoms with E-state index in [1.165, 1.54) is 11.1 Å². The number of para-hydroxylation sites is 1. The number of hydrogen-bond donors (Lipinski definition) is 1. The van der Waals surface area contributed by atoms with Crippen LogP contribution in [0.5, 0.6) is 5.75 Å². The van der Waals surface area contributed by atoms with Crippen LogP contribution in [0.4, 0.5) is 0 Å². The van der Waals surface area contributed by atoms with Crippen LogP contribution in [-0.2, 0) is 4.79 Å². The van der Waals surface area contributed by atoms with Crippen molar-refractivity contribution in [3.05, 3.63) is 64.2 Å². The summed E-state index contributed by atoms with van der Waals surface area (Å²) in [6, 6.07) is 13.3. The molecule has 1 N–H and O–H groups in total. The second-order valence-electron chi connectivity index (χ2n) is 6.02. The molecule has 0 spiro atoms. The zero-order valence-electron chi connectivity index (χ0n) is 14.6. The molecule has 0 bridgehead atoms. The number of carbonyl (C=O) groups excluding carboxylic acids is 1. The number of hydrogen-bond acceptors (Lipinski definition) is 2. The van der Waals surface area contributed by atoms with E-state index in [-0.39, 0.29) is 11.9 Å². The van der Waals surface area contributed by atoms with Gasteiger partial charge >= 0.3 is 0 Å². The lowest BCUT2D eigenvalue weighted by atomic mass is 10.0. The van der Waals surface area contributed by atoms with Gasteiger partial charge in [0.2, 0.25) is 0 Å². The normalized spacial score (nSPS) is 13.2. The maximum atomic E-state index is 12.5. The Bertz CT molecular complexity index is 715. The molecule has 0 saturated heterocycles. The van der Waals surface area contributed by atoms with Gasteiger partial charge in [-0.2, -0.15) is 0 Å². The van der Waals surface area contributed by atoms with Gasteiger partial charge in [0.1, 0.15) is 5.75 Å². The molecule has 128 valence electrons. The number of nitrogens with one attached hydrogen (secondary N) is 1. The third-order valence-electron chi connectivity index (χ3n) is 4.16. The van der Waals surface area contributed by atoms with Crippen molar-refractivity contribution < 1.29 is 9.53 Å². The molecule has 0 aliphatic rings. The summed E-state index contributed by atoms with van der Waals surface area (Å²) < 4.78 is 5.79. The van der Waals surface area contributed by atoms with Crippen LogP contribution < -0.4 is 10.1 Å². The van der Waals surface area contributed by atoms with Crippen LogP contribution in [0.3, 0.4) is 0 Å². The molecule has 0 saturated carbocycles. The van der Waals surface area contributed by atoms with E-state index >= 15 is 0 Å². The van der Waals surface area contributed by atoms with Crippen molar-refractivity contribution in [2.75, 3.05) is 0 Å². The minimum atomic E-state index is -0.570. The van der Waals surface area contributed by atoms with E-state index in [0.29, 0.717) is 17.2 Å². The molecule has 0 aromatic heterocycles. The number of ether oxygens (including phenoxy) is 1. The van der Waals surface area contributed by atoms with Gasteiger partial charge in [0.25, 0.3) is 5.91 Å². The molecule has 4 heteroatoms. The average Bonchev–Trinajstić information content (AvgIpc) is 2.56. The van der Waals surface area contributed by atoms with Gasteiger partial charge in [-0.15, -0.1) is 0 Å². The summed E-state index contributed by atoms with van der Waals surface area (Å²) in [6.45, 7) is 8.04. The van der Waals surface area contributed by atoms with Crippen molar-refractivity contribution in [3.8, 4) is 5.75 Å². The summed E-state index contributed by atoms with van der Waals surface area (Å²) >= 11 is 6.11. The molecule has 2 rings (SSSR count). The number of carbonyl (C=O) groups is 1. The Labute approximate surface area is 149 Å². The van der Waals surface area contributed by atoms with Crippen LogP contribution in [0.1, 0.15) is 43.0 Å². The lowest BCUT2D eigenvalue weighted by molar-refractivity contribution is -0.128. The van der Waals surface area contributed by atoms with E-state index in [1.54, 1.807) is 12.1 Å². The van der Waals surface area contributed by atoms with Crippen molar-refractivity contribution in [1.29, 1.82) is 0 Å². The van der Waals surface area contributed by atoms with Crippen molar-refractivity contribution in [2.24, 2.45) is 0 Å². The second-order valence-corrected chi connectivity index (χ2v) is 6.43. The molecular weight excluding hydrogens is 322 g/mol. The molecule has 2 aromatic rings. The molecule has 24 heavy (non-hydrogen) atoms. The zero-order chi connectivity index (χ0) is 17.7. The summed E-state index contributed by atoms with van der Waals surface area (Å²) in [6.07, 6.45) is -0.00429. The third kappa shape index (κ3) is 4.51. The number of benzene rings is 2. The van der Waals surface area contributed by atoms with Crippen LogP contribution in [0, 0.1) is 13.8 Å². The monoisotopic (exact) mass is 345 g/mol. The first-order valence-corrected chi connectivity index (χ1v) is 8.59. The molecule has 0 unspecified atom stereocenters. The average molecular weight is 346 g/mol. The minimum absolute atomic E-state index is 0.0827. The largest absolute Gasteiger partial charge is 0.479 e. The molecule has 0 heterocycles. The van der Waals surface area contributed by atoms with Gasteiger partial charge in [-0.25, -0.2) is 0 Å². The first kappa shape index (κ1) is 18.3. The summed E-state index contributed by atoms with van der Waals surface area (Å²) in [7, 11) is 0. The SMILES string of the molecule is CC[C@H](Oc1ccccc1Cl)C(=O)N[C@H](C)c1ccc(C)c(C)c1. The van der Waals surface area contributed by atoms with Gasteiger partial charge in [-0.1, -0.05) is 48.9 Å². The number of amides is 1. The summed E-state index contributed by atoms with van der Waals surface area (Å²) in [5.74, 6) is 0.392. The van der Waals surface area contributed by atoms with Gasteiger partial charge in [-0.05, 0) is 56.0 Å². The molecule has 0 radical (unpaired) electrons. The standard InChI is InChI=1S/C20H24ClNO2/c1-5-18(24-19-9-7-6-8-17(19)21)20(23)22-15(4)16-11-10-13(2)14(3)12-16/h6-12,15,18H,5H2,1-4H3,(H,22,23)/t15-,18+/m1/s1. The Morgan fingerprint density at radius 1 is 1.17 bits per heavy atom. The summed E-state index contributed by atoms with van der Waals surface area (Å²) in [5, 5.41) is 3.53. The van der Waals surface area contributed by atoms with Gasteiger partial charge in [-0.3, -0.25) is 4.79 Å². The Hall–Kier alpha value is -2.00. The fourth-order valence-corrected chi connectivity index (χ4v) is 2.62. The maximum absolute atomic E-state index is 12.5. The van der Waals surface area contributed by atoms with Crippen molar-refractivity contribution in [2.45, 2.75) is 46.3 Å². The lowest BCUT2D eigenvalue weighted by Gasteiger charge is -2.21. The first-order valence-electron chi connectivity index (χ1n) is 8.21. The van der Waals surface area contributed by atoms with Crippen molar-refractivity contribution in [1.82, 2.24) is 5.32 Å². The number of halogens is 1. The topological polar surface area (TPSA) is 38.3 Å². The highest BCUT2D eigenvalue weighted by Crippen LogP contribution is 2.25.